The minimum absolute atomic E-state index is 0.0344. The molecule has 0 fully saturated rings. The lowest BCUT2D eigenvalue weighted by atomic mass is 10.2. The fraction of sp³-hybridized carbons (Fsp3) is 0.278. The average Bonchev–Trinajstić information content (AvgIpc) is 3.39. The van der Waals surface area contributed by atoms with Crippen LogP contribution >= 0.6 is 11.3 Å². The number of carbonyl (C=O) groups is 1. The van der Waals surface area contributed by atoms with Crippen molar-refractivity contribution in [1.82, 2.24) is 14.5 Å². The van der Waals surface area contributed by atoms with Crippen LogP contribution in [0.5, 0.6) is 0 Å². The van der Waals surface area contributed by atoms with E-state index in [2.05, 4.69) is 14.9 Å². The molecule has 0 bridgehead atoms. The lowest BCUT2D eigenvalue weighted by Crippen LogP contribution is -2.31. The van der Waals surface area contributed by atoms with Gasteiger partial charge in [0.25, 0.3) is 5.89 Å². The molecule has 148 valence electrons. The maximum Gasteiger partial charge on any atom is 0.337 e. The number of sulfonamides is 1. The fourth-order valence-electron chi connectivity index (χ4n) is 2.53. The van der Waals surface area contributed by atoms with Crippen molar-refractivity contribution in [2.75, 3.05) is 13.7 Å². The molecule has 0 atom stereocenters. The van der Waals surface area contributed by atoms with Crippen LogP contribution in [0.25, 0.3) is 10.8 Å². The summed E-state index contributed by atoms with van der Waals surface area (Å²) in [5.41, 5.74) is 0.279. The summed E-state index contributed by atoms with van der Waals surface area (Å²) in [6, 6.07) is 9.33. The van der Waals surface area contributed by atoms with Crippen LogP contribution in [0.2, 0.25) is 0 Å². The van der Waals surface area contributed by atoms with Crippen molar-refractivity contribution in [2.24, 2.45) is 0 Å². The molecule has 1 aromatic carbocycles. The van der Waals surface area contributed by atoms with Gasteiger partial charge in [0.05, 0.1) is 29.0 Å². The molecule has 0 N–H and O–H groups in total. The third kappa shape index (κ3) is 4.29. The first-order valence-corrected chi connectivity index (χ1v) is 10.8. The van der Waals surface area contributed by atoms with Crippen LogP contribution in [0, 0.1) is 0 Å². The van der Waals surface area contributed by atoms with Gasteiger partial charge in [0, 0.05) is 6.54 Å². The van der Waals surface area contributed by atoms with Gasteiger partial charge in [-0.05, 0) is 42.1 Å². The van der Waals surface area contributed by atoms with Crippen LogP contribution in [-0.4, -0.2) is 42.5 Å². The first-order valence-electron chi connectivity index (χ1n) is 8.50. The molecular formula is C18H19N3O5S2. The molecule has 0 radical (unpaired) electrons. The summed E-state index contributed by atoms with van der Waals surface area (Å²) in [7, 11) is -2.53. The summed E-state index contributed by atoms with van der Waals surface area (Å²) in [4.78, 5) is 12.4. The largest absolute Gasteiger partial charge is 0.465 e. The van der Waals surface area contributed by atoms with Crippen molar-refractivity contribution >= 4 is 27.3 Å². The molecule has 28 heavy (non-hydrogen) atoms. The highest BCUT2D eigenvalue weighted by Gasteiger charge is 2.26. The number of rotatable bonds is 8. The molecule has 2 heterocycles. The molecule has 0 aliphatic heterocycles. The van der Waals surface area contributed by atoms with E-state index in [9.17, 15) is 13.2 Å². The maximum absolute atomic E-state index is 13.0. The summed E-state index contributed by atoms with van der Waals surface area (Å²) >= 11 is 1.46. The van der Waals surface area contributed by atoms with E-state index >= 15 is 0 Å². The highest BCUT2D eigenvalue weighted by molar-refractivity contribution is 7.89. The average molecular weight is 422 g/mol. The molecule has 0 aliphatic rings. The highest BCUT2D eigenvalue weighted by atomic mass is 32.2. The van der Waals surface area contributed by atoms with Crippen molar-refractivity contribution in [2.45, 2.75) is 24.8 Å². The van der Waals surface area contributed by atoms with E-state index in [-0.39, 0.29) is 29.4 Å². The number of hydrogen-bond donors (Lipinski definition) is 0. The number of thiophene rings is 1. The van der Waals surface area contributed by atoms with Crippen molar-refractivity contribution in [3.8, 4) is 10.8 Å². The first kappa shape index (κ1) is 20.2. The number of carbonyl (C=O) groups excluding carboxylic acids is 1. The van der Waals surface area contributed by atoms with Gasteiger partial charge in [0.15, 0.2) is 0 Å². The number of methoxy groups -OCH3 is 1. The number of esters is 1. The molecule has 3 rings (SSSR count). The van der Waals surface area contributed by atoms with Crippen LogP contribution in [0.15, 0.2) is 51.1 Å². The molecule has 0 amide bonds. The second-order valence-electron chi connectivity index (χ2n) is 5.83. The van der Waals surface area contributed by atoms with Crippen LogP contribution in [0.4, 0.5) is 0 Å². The fourth-order valence-corrected chi connectivity index (χ4v) is 4.66. The highest BCUT2D eigenvalue weighted by Crippen LogP contribution is 2.25. The van der Waals surface area contributed by atoms with E-state index in [0.29, 0.717) is 12.3 Å². The lowest BCUT2D eigenvalue weighted by molar-refractivity contribution is 0.0600. The number of aromatic nitrogens is 2. The monoisotopic (exact) mass is 421 g/mol. The Labute approximate surface area is 166 Å². The molecular weight excluding hydrogens is 402 g/mol. The lowest BCUT2D eigenvalue weighted by Gasteiger charge is -2.20. The van der Waals surface area contributed by atoms with Gasteiger partial charge in [-0.2, -0.15) is 4.31 Å². The van der Waals surface area contributed by atoms with Crippen molar-refractivity contribution in [1.29, 1.82) is 0 Å². The van der Waals surface area contributed by atoms with Crippen LogP contribution in [-0.2, 0) is 21.3 Å². The van der Waals surface area contributed by atoms with E-state index in [1.807, 2.05) is 24.4 Å². The minimum atomic E-state index is -3.80. The topological polar surface area (TPSA) is 103 Å². The Morgan fingerprint density at radius 3 is 2.57 bits per heavy atom. The van der Waals surface area contributed by atoms with Crippen LogP contribution in [0.1, 0.15) is 29.6 Å². The second kappa shape index (κ2) is 8.63. The summed E-state index contributed by atoms with van der Waals surface area (Å²) in [5, 5.41) is 9.85. The van der Waals surface area contributed by atoms with E-state index in [1.54, 1.807) is 0 Å². The minimum Gasteiger partial charge on any atom is -0.465 e. The van der Waals surface area contributed by atoms with E-state index in [4.69, 9.17) is 4.42 Å². The maximum atomic E-state index is 13.0. The quantitative estimate of drug-likeness (QED) is 0.515. The Balaban J connectivity index is 1.83. The van der Waals surface area contributed by atoms with Gasteiger partial charge in [0.2, 0.25) is 15.9 Å². The molecule has 0 aliphatic carbocycles. The van der Waals surface area contributed by atoms with Crippen LogP contribution in [0.3, 0.4) is 0 Å². The molecule has 3 aromatic rings. The normalized spacial score (nSPS) is 11.7. The zero-order chi connectivity index (χ0) is 20.1. The van der Waals surface area contributed by atoms with E-state index in [1.165, 1.54) is 47.0 Å². The van der Waals surface area contributed by atoms with Gasteiger partial charge in [-0.25, -0.2) is 13.2 Å². The Morgan fingerprint density at radius 1 is 1.21 bits per heavy atom. The van der Waals surface area contributed by atoms with Gasteiger partial charge >= 0.3 is 5.97 Å². The number of ether oxygens (including phenoxy) is 1. The third-order valence-corrected chi connectivity index (χ3v) is 6.61. The van der Waals surface area contributed by atoms with Crippen molar-refractivity contribution < 1.29 is 22.4 Å². The van der Waals surface area contributed by atoms with Crippen molar-refractivity contribution in [3.63, 3.8) is 0 Å². The van der Waals surface area contributed by atoms with Crippen LogP contribution < -0.4 is 0 Å². The van der Waals surface area contributed by atoms with Gasteiger partial charge < -0.3 is 9.15 Å². The molecule has 0 unspecified atom stereocenters. The number of benzene rings is 1. The summed E-state index contributed by atoms with van der Waals surface area (Å²) < 4.78 is 37.6. The zero-order valence-electron chi connectivity index (χ0n) is 15.4. The number of nitrogens with zero attached hydrogens (tertiary/aromatic N) is 3. The SMILES string of the molecule is CCCN(Cc1nnc(-c2cccs2)o1)S(=O)(=O)c1ccc(C(=O)OC)cc1. The predicted molar refractivity (Wildman–Crippen MR) is 103 cm³/mol. The third-order valence-electron chi connectivity index (χ3n) is 3.90. The second-order valence-corrected chi connectivity index (χ2v) is 8.72. The van der Waals surface area contributed by atoms with E-state index in [0.717, 1.165) is 4.88 Å². The molecule has 10 heteroatoms. The summed E-state index contributed by atoms with van der Waals surface area (Å²) in [5.74, 6) is 0.0502. The first-order chi connectivity index (χ1) is 13.5. The molecule has 0 saturated heterocycles. The van der Waals surface area contributed by atoms with Gasteiger partial charge in [-0.1, -0.05) is 13.0 Å². The molecule has 0 saturated carbocycles. The molecule has 0 spiro atoms. The van der Waals surface area contributed by atoms with Crippen molar-refractivity contribution in [3.05, 3.63) is 53.2 Å². The Kier molecular flexibility index (Phi) is 6.22. The standard InChI is InChI=1S/C18H19N3O5S2/c1-3-10-21(12-16-19-20-17(26-16)15-5-4-11-27-15)28(23,24)14-8-6-13(7-9-14)18(22)25-2/h4-9,11H,3,10,12H2,1-2H3. The summed E-state index contributed by atoms with van der Waals surface area (Å²) in [6.07, 6.45) is 0.616. The smallest absolute Gasteiger partial charge is 0.337 e. The van der Waals surface area contributed by atoms with Gasteiger partial charge in [-0.3, -0.25) is 0 Å². The Bertz CT molecular complexity index is 1030. The van der Waals surface area contributed by atoms with Gasteiger partial charge in [0.1, 0.15) is 0 Å². The summed E-state index contributed by atoms with van der Waals surface area (Å²) in [6.45, 7) is 2.14. The Hall–Kier alpha value is -2.56. The predicted octanol–water partition coefficient (Wildman–Crippen LogP) is 3.19. The number of hydrogen-bond acceptors (Lipinski definition) is 8. The van der Waals surface area contributed by atoms with Gasteiger partial charge in [-0.15, -0.1) is 21.5 Å². The molecule has 2 aromatic heterocycles. The zero-order valence-corrected chi connectivity index (χ0v) is 17.0. The Morgan fingerprint density at radius 2 is 1.96 bits per heavy atom. The molecule has 8 nitrogen and oxygen atoms in total. The van der Waals surface area contributed by atoms with E-state index < -0.39 is 16.0 Å².